The molecule has 1 N–H and O–H groups in total. The molecule has 1 saturated carbocycles. The number of nitro benzene ring substituents is 1. The van der Waals surface area contributed by atoms with Gasteiger partial charge in [-0.2, -0.15) is 0 Å². The smallest absolute Gasteiger partial charge is 0.271 e. The van der Waals surface area contributed by atoms with E-state index in [0.29, 0.717) is 11.6 Å². The molecule has 0 bridgehead atoms. The van der Waals surface area contributed by atoms with Crippen LogP contribution >= 0.6 is 0 Å². The van der Waals surface area contributed by atoms with E-state index < -0.39 is 4.92 Å². The number of anilines is 1. The third kappa shape index (κ3) is 3.49. The average Bonchev–Trinajstić information content (AvgIpc) is 3.32. The topological polar surface area (TPSA) is 72.2 Å². The molecular weight excluding hydrogens is 280 g/mol. The number of hydrogen-bond donors (Lipinski definition) is 1. The standard InChI is InChI=1S/C17H16N2O3/c20-17(8-12-4-2-1-3-5-12)18-15-9-14(13-6-7-13)10-16(11-15)19(21)22/h1-5,9-11,13H,6-8H2,(H,18,20). The Bertz CT molecular complexity index is 709. The number of benzene rings is 2. The van der Waals surface area contributed by atoms with E-state index in [-0.39, 0.29) is 18.0 Å². The predicted molar refractivity (Wildman–Crippen MR) is 83.8 cm³/mol. The van der Waals surface area contributed by atoms with Gasteiger partial charge in [0.15, 0.2) is 0 Å². The largest absolute Gasteiger partial charge is 0.326 e. The zero-order valence-electron chi connectivity index (χ0n) is 12.0. The van der Waals surface area contributed by atoms with Crippen molar-refractivity contribution < 1.29 is 9.72 Å². The number of nitro groups is 1. The van der Waals surface area contributed by atoms with Crippen LogP contribution in [-0.4, -0.2) is 10.8 Å². The Labute approximate surface area is 128 Å². The van der Waals surface area contributed by atoms with Crippen molar-refractivity contribution in [2.45, 2.75) is 25.2 Å². The lowest BCUT2D eigenvalue weighted by molar-refractivity contribution is -0.384. The zero-order valence-corrected chi connectivity index (χ0v) is 12.0. The molecule has 1 amide bonds. The minimum Gasteiger partial charge on any atom is -0.326 e. The number of non-ortho nitro benzene ring substituents is 1. The maximum Gasteiger partial charge on any atom is 0.271 e. The summed E-state index contributed by atoms with van der Waals surface area (Å²) in [7, 11) is 0. The Kier molecular flexibility index (Phi) is 3.87. The van der Waals surface area contributed by atoms with Crippen molar-refractivity contribution in [2.75, 3.05) is 5.32 Å². The van der Waals surface area contributed by atoms with Crippen LogP contribution in [0.15, 0.2) is 48.5 Å². The van der Waals surface area contributed by atoms with Crippen LogP contribution in [0, 0.1) is 10.1 Å². The van der Waals surface area contributed by atoms with Gasteiger partial charge in [-0.15, -0.1) is 0 Å². The van der Waals surface area contributed by atoms with E-state index in [1.165, 1.54) is 6.07 Å². The summed E-state index contributed by atoms with van der Waals surface area (Å²) < 4.78 is 0. The fraction of sp³-hybridized carbons (Fsp3) is 0.235. The van der Waals surface area contributed by atoms with Gasteiger partial charge < -0.3 is 5.32 Å². The molecule has 2 aromatic carbocycles. The van der Waals surface area contributed by atoms with Crippen molar-refractivity contribution in [2.24, 2.45) is 0 Å². The Morgan fingerprint density at radius 2 is 1.91 bits per heavy atom. The molecule has 22 heavy (non-hydrogen) atoms. The molecule has 0 saturated heterocycles. The molecule has 1 aliphatic carbocycles. The molecule has 0 atom stereocenters. The second-order valence-electron chi connectivity index (χ2n) is 5.56. The molecular formula is C17H16N2O3. The molecule has 5 nitrogen and oxygen atoms in total. The monoisotopic (exact) mass is 296 g/mol. The van der Waals surface area contributed by atoms with E-state index in [0.717, 1.165) is 24.0 Å². The summed E-state index contributed by atoms with van der Waals surface area (Å²) in [5, 5.41) is 13.8. The molecule has 0 radical (unpaired) electrons. The third-order valence-corrected chi connectivity index (χ3v) is 3.69. The van der Waals surface area contributed by atoms with Gasteiger partial charge in [0.25, 0.3) is 5.69 Å². The van der Waals surface area contributed by atoms with Gasteiger partial charge in [0, 0.05) is 17.8 Å². The Morgan fingerprint density at radius 3 is 2.55 bits per heavy atom. The SMILES string of the molecule is O=C(Cc1ccccc1)Nc1cc(C2CC2)cc([N+](=O)[O-])c1. The maximum absolute atomic E-state index is 12.1. The second-order valence-corrected chi connectivity index (χ2v) is 5.56. The molecule has 5 heteroatoms. The first-order chi connectivity index (χ1) is 10.6. The molecule has 3 rings (SSSR count). The highest BCUT2D eigenvalue weighted by Crippen LogP contribution is 2.42. The first-order valence-electron chi connectivity index (χ1n) is 7.25. The van der Waals surface area contributed by atoms with Gasteiger partial charge >= 0.3 is 0 Å². The van der Waals surface area contributed by atoms with Crippen molar-refractivity contribution in [3.63, 3.8) is 0 Å². The van der Waals surface area contributed by atoms with Crippen molar-refractivity contribution in [3.8, 4) is 0 Å². The summed E-state index contributed by atoms with van der Waals surface area (Å²) in [6.45, 7) is 0. The van der Waals surface area contributed by atoms with Crippen LogP contribution < -0.4 is 5.32 Å². The molecule has 0 aromatic heterocycles. The van der Waals surface area contributed by atoms with Crippen molar-refractivity contribution >= 4 is 17.3 Å². The van der Waals surface area contributed by atoms with Crippen molar-refractivity contribution in [1.29, 1.82) is 0 Å². The number of nitrogens with one attached hydrogen (secondary N) is 1. The van der Waals surface area contributed by atoms with Crippen LogP contribution in [0.25, 0.3) is 0 Å². The van der Waals surface area contributed by atoms with E-state index in [4.69, 9.17) is 0 Å². The molecule has 0 unspecified atom stereocenters. The van der Waals surface area contributed by atoms with Crippen LogP contribution in [0.2, 0.25) is 0 Å². The minimum absolute atomic E-state index is 0.0272. The lowest BCUT2D eigenvalue weighted by atomic mass is 10.1. The van der Waals surface area contributed by atoms with Crippen LogP contribution in [-0.2, 0) is 11.2 Å². The van der Waals surface area contributed by atoms with E-state index >= 15 is 0 Å². The number of rotatable bonds is 5. The van der Waals surface area contributed by atoms with Gasteiger partial charge in [-0.3, -0.25) is 14.9 Å². The molecule has 1 fully saturated rings. The lowest BCUT2D eigenvalue weighted by Gasteiger charge is -2.08. The molecule has 0 aliphatic heterocycles. The highest BCUT2D eigenvalue weighted by atomic mass is 16.6. The summed E-state index contributed by atoms with van der Waals surface area (Å²) in [5.74, 6) is 0.220. The number of hydrogen-bond acceptors (Lipinski definition) is 3. The summed E-state index contributed by atoms with van der Waals surface area (Å²) in [5.41, 5.74) is 2.37. The highest BCUT2D eigenvalue weighted by Gasteiger charge is 2.26. The molecule has 1 aliphatic rings. The van der Waals surface area contributed by atoms with E-state index in [1.54, 1.807) is 6.07 Å². The Balaban J connectivity index is 1.76. The van der Waals surface area contributed by atoms with Crippen LogP contribution in [0.5, 0.6) is 0 Å². The molecule has 0 heterocycles. The van der Waals surface area contributed by atoms with E-state index in [1.807, 2.05) is 36.4 Å². The van der Waals surface area contributed by atoms with Gasteiger partial charge in [0.05, 0.1) is 11.3 Å². The molecule has 112 valence electrons. The Hall–Kier alpha value is -2.69. The fourth-order valence-electron chi connectivity index (χ4n) is 2.45. The third-order valence-electron chi connectivity index (χ3n) is 3.69. The Morgan fingerprint density at radius 1 is 1.18 bits per heavy atom. The number of amides is 1. The van der Waals surface area contributed by atoms with Crippen molar-refractivity contribution in [3.05, 3.63) is 69.8 Å². The quantitative estimate of drug-likeness (QED) is 0.676. The predicted octanol–water partition coefficient (Wildman–Crippen LogP) is 3.65. The summed E-state index contributed by atoms with van der Waals surface area (Å²) >= 11 is 0. The second kappa shape index (κ2) is 5.97. The zero-order chi connectivity index (χ0) is 15.5. The van der Waals surface area contributed by atoms with Gasteiger partial charge in [-0.05, 0) is 36.0 Å². The van der Waals surface area contributed by atoms with E-state index in [9.17, 15) is 14.9 Å². The maximum atomic E-state index is 12.1. The molecule has 2 aromatic rings. The first kappa shape index (κ1) is 14.3. The normalized spacial score (nSPS) is 13.6. The molecule has 0 spiro atoms. The summed E-state index contributed by atoms with van der Waals surface area (Å²) in [6, 6.07) is 14.3. The highest BCUT2D eigenvalue weighted by molar-refractivity contribution is 5.92. The van der Waals surface area contributed by atoms with Gasteiger partial charge in [0.2, 0.25) is 5.91 Å². The summed E-state index contributed by atoms with van der Waals surface area (Å²) in [6.07, 6.45) is 2.36. The van der Waals surface area contributed by atoms with Crippen molar-refractivity contribution in [1.82, 2.24) is 0 Å². The lowest BCUT2D eigenvalue weighted by Crippen LogP contribution is -2.14. The minimum atomic E-state index is -0.418. The number of carbonyl (C=O) groups excluding carboxylic acids is 1. The number of nitrogens with zero attached hydrogens (tertiary/aromatic N) is 1. The number of carbonyl (C=O) groups is 1. The van der Waals surface area contributed by atoms with Crippen LogP contribution in [0.3, 0.4) is 0 Å². The van der Waals surface area contributed by atoms with E-state index in [2.05, 4.69) is 5.32 Å². The fourth-order valence-corrected chi connectivity index (χ4v) is 2.45. The van der Waals surface area contributed by atoms with Gasteiger partial charge in [-0.1, -0.05) is 30.3 Å². The van der Waals surface area contributed by atoms with Gasteiger partial charge in [-0.25, -0.2) is 0 Å². The summed E-state index contributed by atoms with van der Waals surface area (Å²) in [4.78, 5) is 22.7. The van der Waals surface area contributed by atoms with Crippen LogP contribution in [0.1, 0.15) is 29.9 Å². The van der Waals surface area contributed by atoms with Crippen LogP contribution in [0.4, 0.5) is 11.4 Å². The average molecular weight is 296 g/mol. The first-order valence-corrected chi connectivity index (χ1v) is 7.25. The van der Waals surface area contributed by atoms with Gasteiger partial charge in [0.1, 0.15) is 0 Å².